The predicted octanol–water partition coefficient (Wildman–Crippen LogP) is 3.37. The van der Waals surface area contributed by atoms with Crippen LogP contribution in [0.3, 0.4) is 0 Å². The van der Waals surface area contributed by atoms with Gasteiger partial charge in [-0.3, -0.25) is 4.79 Å². The first-order chi connectivity index (χ1) is 10.1. The lowest BCUT2D eigenvalue weighted by molar-refractivity contribution is -0.121. The van der Waals surface area contributed by atoms with E-state index in [1.807, 2.05) is 57.2 Å². The van der Waals surface area contributed by atoms with Crippen LogP contribution in [-0.4, -0.2) is 11.6 Å². The number of hydrazone groups is 1. The summed E-state index contributed by atoms with van der Waals surface area (Å²) in [5, 5.41) is 4.10. The topological polar surface area (TPSA) is 54.6 Å². The van der Waals surface area contributed by atoms with E-state index in [0.717, 1.165) is 22.6 Å². The van der Waals surface area contributed by atoms with Gasteiger partial charge in [-0.1, -0.05) is 30.3 Å². The number of furan rings is 1. The third kappa shape index (κ3) is 4.31. The fourth-order valence-corrected chi connectivity index (χ4v) is 2.16. The molecule has 1 heterocycles. The van der Waals surface area contributed by atoms with E-state index in [1.54, 1.807) is 0 Å². The summed E-state index contributed by atoms with van der Waals surface area (Å²) >= 11 is 0. The summed E-state index contributed by atoms with van der Waals surface area (Å²) in [5.74, 6) is 1.46. The van der Waals surface area contributed by atoms with Crippen LogP contribution in [0.4, 0.5) is 0 Å². The molecule has 21 heavy (non-hydrogen) atoms. The summed E-state index contributed by atoms with van der Waals surface area (Å²) in [6.45, 7) is 5.67. The Morgan fingerprint density at radius 2 is 1.95 bits per heavy atom. The fraction of sp³-hybridized carbons (Fsp3) is 0.294. The first kappa shape index (κ1) is 15.0. The molecular weight excluding hydrogens is 264 g/mol. The summed E-state index contributed by atoms with van der Waals surface area (Å²) in [5.41, 5.74) is 5.42. The fourth-order valence-electron chi connectivity index (χ4n) is 2.16. The van der Waals surface area contributed by atoms with E-state index in [-0.39, 0.29) is 5.91 Å². The number of aryl methyl sites for hydroxylation is 3. The van der Waals surface area contributed by atoms with Crippen molar-refractivity contribution >= 4 is 11.6 Å². The van der Waals surface area contributed by atoms with Crippen molar-refractivity contribution in [3.8, 4) is 0 Å². The summed E-state index contributed by atoms with van der Waals surface area (Å²) in [4.78, 5) is 11.8. The Kier molecular flexibility index (Phi) is 4.93. The van der Waals surface area contributed by atoms with Crippen LogP contribution in [0.2, 0.25) is 0 Å². The smallest absolute Gasteiger partial charge is 0.240 e. The molecule has 0 aliphatic rings. The Hall–Kier alpha value is -2.36. The highest BCUT2D eigenvalue weighted by Crippen LogP contribution is 2.14. The third-order valence-electron chi connectivity index (χ3n) is 3.20. The van der Waals surface area contributed by atoms with Crippen LogP contribution in [-0.2, 0) is 11.2 Å². The molecule has 1 aromatic heterocycles. The van der Waals surface area contributed by atoms with Gasteiger partial charge in [-0.2, -0.15) is 5.10 Å². The summed E-state index contributed by atoms with van der Waals surface area (Å²) in [7, 11) is 0. The molecule has 110 valence electrons. The maximum atomic E-state index is 11.8. The number of amides is 1. The maximum Gasteiger partial charge on any atom is 0.240 e. The molecule has 0 fully saturated rings. The summed E-state index contributed by atoms with van der Waals surface area (Å²) in [6.07, 6.45) is 1.12. The molecule has 0 unspecified atom stereocenters. The minimum atomic E-state index is -0.0980. The van der Waals surface area contributed by atoms with Crippen molar-refractivity contribution in [2.75, 3.05) is 0 Å². The maximum absolute atomic E-state index is 11.8. The molecule has 0 aliphatic carbocycles. The molecule has 0 atom stereocenters. The van der Waals surface area contributed by atoms with Crippen molar-refractivity contribution in [1.29, 1.82) is 0 Å². The van der Waals surface area contributed by atoms with Crippen molar-refractivity contribution in [3.05, 3.63) is 59.0 Å². The van der Waals surface area contributed by atoms with Gasteiger partial charge in [0.15, 0.2) is 5.76 Å². The van der Waals surface area contributed by atoms with E-state index in [0.29, 0.717) is 18.6 Å². The van der Waals surface area contributed by atoms with Crippen molar-refractivity contribution in [1.82, 2.24) is 5.43 Å². The minimum absolute atomic E-state index is 0.0980. The van der Waals surface area contributed by atoms with E-state index in [2.05, 4.69) is 10.5 Å². The Balaban J connectivity index is 1.88. The van der Waals surface area contributed by atoms with Crippen molar-refractivity contribution < 1.29 is 9.21 Å². The number of carbonyl (C=O) groups is 1. The van der Waals surface area contributed by atoms with Gasteiger partial charge in [-0.05, 0) is 44.4 Å². The molecule has 1 aromatic carbocycles. The first-order valence-electron chi connectivity index (χ1n) is 7.00. The van der Waals surface area contributed by atoms with Crippen LogP contribution in [0.1, 0.15) is 36.0 Å². The predicted molar refractivity (Wildman–Crippen MR) is 83.3 cm³/mol. The second-order valence-corrected chi connectivity index (χ2v) is 5.09. The average molecular weight is 284 g/mol. The number of carbonyl (C=O) groups excluding carboxylic acids is 1. The van der Waals surface area contributed by atoms with Gasteiger partial charge in [0.2, 0.25) is 5.91 Å². The van der Waals surface area contributed by atoms with Crippen molar-refractivity contribution in [2.45, 2.75) is 33.6 Å². The Labute approximate surface area is 124 Å². The minimum Gasteiger partial charge on any atom is -0.460 e. The molecule has 2 rings (SSSR count). The highest BCUT2D eigenvalue weighted by atomic mass is 16.3. The zero-order chi connectivity index (χ0) is 15.2. The molecule has 4 heteroatoms. The standard InChI is InChI=1S/C17H20N2O2/c1-12-11-13(2)21-17(12)14(3)18-19-16(20)10-9-15-7-5-4-6-8-15/h4-8,11H,9-10H2,1-3H3,(H,19,20)/b18-14-. The highest BCUT2D eigenvalue weighted by Gasteiger charge is 2.09. The van der Waals surface area contributed by atoms with Crippen LogP contribution in [0.15, 0.2) is 45.9 Å². The van der Waals surface area contributed by atoms with Crippen molar-refractivity contribution in [3.63, 3.8) is 0 Å². The van der Waals surface area contributed by atoms with Gasteiger partial charge < -0.3 is 4.42 Å². The summed E-state index contributed by atoms with van der Waals surface area (Å²) < 4.78 is 5.56. The Morgan fingerprint density at radius 3 is 2.57 bits per heavy atom. The van der Waals surface area contributed by atoms with Crippen LogP contribution in [0, 0.1) is 13.8 Å². The monoisotopic (exact) mass is 284 g/mol. The quantitative estimate of drug-likeness (QED) is 0.676. The number of nitrogens with zero attached hydrogens (tertiary/aromatic N) is 1. The second kappa shape index (κ2) is 6.88. The lowest BCUT2D eigenvalue weighted by atomic mass is 10.1. The van der Waals surface area contributed by atoms with Crippen LogP contribution < -0.4 is 5.43 Å². The Morgan fingerprint density at radius 1 is 1.24 bits per heavy atom. The molecule has 0 aliphatic heterocycles. The molecule has 0 saturated heterocycles. The molecule has 1 N–H and O–H groups in total. The normalized spacial score (nSPS) is 11.5. The molecule has 0 spiro atoms. The largest absolute Gasteiger partial charge is 0.460 e. The van der Waals surface area contributed by atoms with Crippen molar-refractivity contribution in [2.24, 2.45) is 5.10 Å². The molecular formula is C17H20N2O2. The lowest BCUT2D eigenvalue weighted by Crippen LogP contribution is -2.19. The molecule has 1 amide bonds. The number of hydrogen-bond acceptors (Lipinski definition) is 3. The van der Waals surface area contributed by atoms with E-state index in [9.17, 15) is 4.79 Å². The molecule has 2 aromatic rings. The number of hydrogen-bond donors (Lipinski definition) is 1. The average Bonchev–Trinajstić information content (AvgIpc) is 2.82. The summed E-state index contributed by atoms with van der Waals surface area (Å²) in [6, 6.07) is 11.9. The zero-order valence-electron chi connectivity index (χ0n) is 12.6. The molecule has 4 nitrogen and oxygen atoms in total. The second-order valence-electron chi connectivity index (χ2n) is 5.09. The van der Waals surface area contributed by atoms with Gasteiger partial charge in [0.25, 0.3) is 0 Å². The van der Waals surface area contributed by atoms with Gasteiger partial charge in [-0.25, -0.2) is 5.43 Å². The van der Waals surface area contributed by atoms with Gasteiger partial charge in [0.1, 0.15) is 11.5 Å². The van der Waals surface area contributed by atoms with Gasteiger partial charge >= 0.3 is 0 Å². The van der Waals surface area contributed by atoms with E-state index < -0.39 is 0 Å². The van der Waals surface area contributed by atoms with E-state index in [1.165, 1.54) is 0 Å². The van der Waals surface area contributed by atoms with Crippen LogP contribution >= 0.6 is 0 Å². The number of rotatable bonds is 5. The Bertz CT molecular complexity index is 642. The van der Waals surface area contributed by atoms with Crippen LogP contribution in [0.5, 0.6) is 0 Å². The first-order valence-corrected chi connectivity index (χ1v) is 7.00. The van der Waals surface area contributed by atoms with Gasteiger partial charge in [0.05, 0.1) is 0 Å². The molecule has 0 bridgehead atoms. The van der Waals surface area contributed by atoms with Gasteiger partial charge in [0, 0.05) is 6.42 Å². The zero-order valence-corrected chi connectivity index (χ0v) is 12.6. The van der Waals surface area contributed by atoms with Gasteiger partial charge in [-0.15, -0.1) is 0 Å². The van der Waals surface area contributed by atoms with E-state index >= 15 is 0 Å². The molecule has 0 radical (unpaired) electrons. The number of benzene rings is 1. The number of nitrogens with one attached hydrogen (secondary N) is 1. The lowest BCUT2D eigenvalue weighted by Gasteiger charge is -2.02. The van der Waals surface area contributed by atoms with E-state index in [4.69, 9.17) is 4.42 Å². The highest BCUT2D eigenvalue weighted by molar-refractivity contribution is 5.98. The molecule has 0 saturated carbocycles. The van der Waals surface area contributed by atoms with Crippen LogP contribution in [0.25, 0.3) is 0 Å². The third-order valence-corrected chi connectivity index (χ3v) is 3.20. The SMILES string of the molecule is C/C(=N/NC(=O)CCc1ccccc1)c1oc(C)cc1C.